The number of sulfonamides is 1. The second-order valence-electron chi connectivity index (χ2n) is 5.58. The van der Waals surface area contributed by atoms with E-state index in [1.807, 2.05) is 31.2 Å². The van der Waals surface area contributed by atoms with Gasteiger partial charge in [-0.1, -0.05) is 29.8 Å². The molecule has 0 fully saturated rings. The van der Waals surface area contributed by atoms with Gasteiger partial charge >= 0.3 is 5.97 Å². The molecule has 0 atom stereocenters. The number of methoxy groups -OCH3 is 1. The third kappa shape index (κ3) is 4.55. The Kier molecular flexibility index (Phi) is 6.63. The number of hydrogen-bond acceptors (Lipinski definition) is 5. The highest BCUT2D eigenvalue weighted by molar-refractivity contribution is 7.89. The number of aryl methyl sites for hydroxylation is 1. The topological polar surface area (TPSA) is 72.9 Å². The van der Waals surface area contributed by atoms with Gasteiger partial charge in [-0.2, -0.15) is 4.31 Å². The van der Waals surface area contributed by atoms with Crippen LogP contribution in [0.5, 0.6) is 5.75 Å². The summed E-state index contributed by atoms with van der Waals surface area (Å²) in [5, 5.41) is 0.0318. The molecule has 0 aliphatic heterocycles. The van der Waals surface area contributed by atoms with Gasteiger partial charge in [-0.05, 0) is 36.8 Å². The number of halogens is 1. The van der Waals surface area contributed by atoms with Crippen molar-refractivity contribution in [2.45, 2.75) is 11.8 Å². The van der Waals surface area contributed by atoms with Crippen LogP contribution in [0.2, 0.25) is 5.02 Å². The Labute approximate surface area is 158 Å². The minimum Gasteiger partial charge on any atom is -0.492 e. The molecular weight excluding hydrogens is 378 g/mol. The van der Waals surface area contributed by atoms with Crippen molar-refractivity contribution in [2.75, 3.05) is 27.3 Å². The molecule has 6 nitrogen and oxygen atoms in total. The summed E-state index contributed by atoms with van der Waals surface area (Å²) >= 11 is 6.03. The minimum absolute atomic E-state index is 0.0318. The molecule has 0 heterocycles. The maximum atomic E-state index is 12.8. The molecule has 2 aromatic carbocycles. The van der Waals surface area contributed by atoms with Gasteiger partial charge in [0.25, 0.3) is 0 Å². The van der Waals surface area contributed by atoms with Gasteiger partial charge in [0.15, 0.2) is 0 Å². The zero-order valence-corrected chi connectivity index (χ0v) is 16.3. The highest BCUT2D eigenvalue weighted by Crippen LogP contribution is 2.25. The molecule has 0 unspecified atom stereocenters. The Bertz CT molecular complexity index is 898. The SMILES string of the molecule is COC(=O)c1ccc(Cl)c(S(=O)(=O)N(C)CCOc2ccccc2C)c1. The third-order valence-electron chi connectivity index (χ3n) is 3.80. The van der Waals surface area contributed by atoms with Crippen molar-refractivity contribution in [1.29, 1.82) is 0 Å². The predicted octanol–water partition coefficient (Wildman–Crippen LogP) is 3.13. The lowest BCUT2D eigenvalue weighted by Crippen LogP contribution is -2.31. The van der Waals surface area contributed by atoms with Crippen LogP contribution in [0.4, 0.5) is 0 Å². The van der Waals surface area contributed by atoms with E-state index >= 15 is 0 Å². The van der Waals surface area contributed by atoms with Crippen LogP contribution < -0.4 is 4.74 Å². The van der Waals surface area contributed by atoms with E-state index in [1.54, 1.807) is 0 Å². The highest BCUT2D eigenvalue weighted by atomic mass is 35.5. The van der Waals surface area contributed by atoms with Gasteiger partial charge in [0.2, 0.25) is 10.0 Å². The lowest BCUT2D eigenvalue weighted by molar-refractivity contribution is 0.0600. The number of likely N-dealkylation sites (N-methyl/N-ethyl adjacent to an activating group) is 1. The largest absolute Gasteiger partial charge is 0.492 e. The van der Waals surface area contributed by atoms with E-state index in [-0.39, 0.29) is 28.6 Å². The molecule has 0 saturated carbocycles. The molecule has 2 rings (SSSR count). The maximum absolute atomic E-state index is 12.8. The molecule has 140 valence electrons. The molecule has 0 bridgehead atoms. The van der Waals surface area contributed by atoms with Crippen LogP contribution in [0.25, 0.3) is 0 Å². The van der Waals surface area contributed by atoms with Crippen LogP contribution in [0, 0.1) is 6.92 Å². The molecule has 0 aliphatic rings. The van der Waals surface area contributed by atoms with Crippen LogP contribution in [0.3, 0.4) is 0 Å². The summed E-state index contributed by atoms with van der Waals surface area (Å²) in [6.07, 6.45) is 0. The molecule has 26 heavy (non-hydrogen) atoms. The Morgan fingerprint density at radius 2 is 1.88 bits per heavy atom. The Hall–Kier alpha value is -2.09. The lowest BCUT2D eigenvalue weighted by atomic mass is 10.2. The molecule has 0 amide bonds. The number of carbonyl (C=O) groups excluding carboxylic acids is 1. The molecule has 8 heteroatoms. The first-order valence-electron chi connectivity index (χ1n) is 7.80. The van der Waals surface area contributed by atoms with E-state index in [0.29, 0.717) is 5.75 Å². The number of rotatable bonds is 7. The Morgan fingerprint density at radius 3 is 2.54 bits per heavy atom. The van der Waals surface area contributed by atoms with Gasteiger partial charge in [-0.3, -0.25) is 0 Å². The van der Waals surface area contributed by atoms with Crippen LogP contribution >= 0.6 is 11.6 Å². The van der Waals surface area contributed by atoms with Crippen molar-refractivity contribution in [3.8, 4) is 5.75 Å². The second kappa shape index (κ2) is 8.53. The number of nitrogens with zero attached hydrogens (tertiary/aromatic N) is 1. The van der Waals surface area contributed by atoms with Gasteiger partial charge in [0, 0.05) is 13.6 Å². The normalized spacial score (nSPS) is 11.4. The van der Waals surface area contributed by atoms with Gasteiger partial charge in [0.05, 0.1) is 17.7 Å². The average Bonchev–Trinajstić information content (AvgIpc) is 2.62. The maximum Gasteiger partial charge on any atom is 0.337 e. The van der Waals surface area contributed by atoms with E-state index in [1.165, 1.54) is 32.4 Å². The summed E-state index contributed by atoms with van der Waals surface area (Å²) in [6, 6.07) is 11.5. The number of benzene rings is 2. The molecule has 0 spiro atoms. The zero-order valence-electron chi connectivity index (χ0n) is 14.7. The number of carbonyl (C=O) groups is 1. The summed E-state index contributed by atoms with van der Waals surface area (Å²) in [6.45, 7) is 2.21. The van der Waals surface area contributed by atoms with Crippen molar-refractivity contribution < 1.29 is 22.7 Å². The number of esters is 1. The van der Waals surface area contributed by atoms with E-state index in [4.69, 9.17) is 16.3 Å². The third-order valence-corrected chi connectivity index (χ3v) is 6.14. The smallest absolute Gasteiger partial charge is 0.337 e. The van der Waals surface area contributed by atoms with E-state index in [0.717, 1.165) is 9.87 Å². The van der Waals surface area contributed by atoms with Gasteiger partial charge in [-0.15, -0.1) is 0 Å². The average molecular weight is 398 g/mol. The zero-order chi connectivity index (χ0) is 19.3. The van der Waals surface area contributed by atoms with E-state index in [9.17, 15) is 13.2 Å². The van der Waals surface area contributed by atoms with Crippen molar-refractivity contribution >= 4 is 27.6 Å². The van der Waals surface area contributed by atoms with Gasteiger partial charge in [-0.25, -0.2) is 13.2 Å². The predicted molar refractivity (Wildman–Crippen MR) is 99.3 cm³/mol. The number of ether oxygens (including phenoxy) is 2. The molecule has 2 aromatic rings. The summed E-state index contributed by atoms with van der Waals surface area (Å²) in [7, 11) is -1.23. The Morgan fingerprint density at radius 1 is 1.19 bits per heavy atom. The number of hydrogen-bond donors (Lipinski definition) is 0. The summed E-state index contributed by atoms with van der Waals surface area (Å²) in [5.74, 6) is 0.0627. The summed E-state index contributed by atoms with van der Waals surface area (Å²) < 4.78 is 36.9. The molecule has 0 radical (unpaired) electrons. The van der Waals surface area contributed by atoms with Crippen molar-refractivity contribution in [3.05, 3.63) is 58.6 Å². The first-order chi connectivity index (χ1) is 12.3. The quantitative estimate of drug-likeness (QED) is 0.671. The highest BCUT2D eigenvalue weighted by Gasteiger charge is 2.25. The second-order valence-corrected chi connectivity index (χ2v) is 8.00. The van der Waals surface area contributed by atoms with Crippen LogP contribution in [-0.2, 0) is 14.8 Å². The standard InChI is InChI=1S/C18H20ClNO5S/c1-13-6-4-5-7-16(13)25-11-10-20(2)26(22,23)17-12-14(18(21)24-3)8-9-15(17)19/h4-9,12H,10-11H2,1-3H3. The van der Waals surface area contributed by atoms with E-state index < -0.39 is 16.0 Å². The van der Waals surface area contributed by atoms with Gasteiger partial charge in [0.1, 0.15) is 17.3 Å². The fourth-order valence-electron chi connectivity index (χ4n) is 2.24. The lowest BCUT2D eigenvalue weighted by Gasteiger charge is -2.19. The van der Waals surface area contributed by atoms with E-state index in [2.05, 4.69) is 4.74 Å². The van der Waals surface area contributed by atoms with Gasteiger partial charge < -0.3 is 9.47 Å². The molecule has 0 aliphatic carbocycles. The molecule has 0 N–H and O–H groups in total. The fourth-order valence-corrected chi connectivity index (χ4v) is 3.89. The number of para-hydroxylation sites is 1. The molecule has 0 saturated heterocycles. The van der Waals surface area contributed by atoms with Crippen molar-refractivity contribution in [2.24, 2.45) is 0 Å². The Balaban J connectivity index is 2.13. The minimum atomic E-state index is -3.88. The van der Waals surface area contributed by atoms with Crippen molar-refractivity contribution in [1.82, 2.24) is 4.31 Å². The van der Waals surface area contributed by atoms with Crippen LogP contribution in [0.1, 0.15) is 15.9 Å². The molecule has 0 aromatic heterocycles. The molecular formula is C18H20ClNO5S. The van der Waals surface area contributed by atoms with Crippen molar-refractivity contribution in [3.63, 3.8) is 0 Å². The summed E-state index contributed by atoms with van der Waals surface area (Å²) in [5.41, 5.74) is 1.08. The van der Waals surface area contributed by atoms with Crippen LogP contribution in [-0.4, -0.2) is 46.0 Å². The summed E-state index contributed by atoms with van der Waals surface area (Å²) in [4.78, 5) is 11.5. The van der Waals surface area contributed by atoms with Crippen LogP contribution in [0.15, 0.2) is 47.4 Å². The monoisotopic (exact) mass is 397 g/mol. The fraction of sp³-hybridized carbons (Fsp3) is 0.278. The first-order valence-corrected chi connectivity index (χ1v) is 9.62. The first kappa shape index (κ1) is 20.2.